The Kier molecular flexibility index (Phi) is 5.03. The Bertz CT molecular complexity index is 1000. The van der Waals surface area contributed by atoms with Crippen LogP contribution in [-0.4, -0.2) is 23.0 Å². The topological polar surface area (TPSA) is 73.4 Å². The van der Waals surface area contributed by atoms with Gasteiger partial charge in [0.25, 0.3) is 0 Å². The number of halogens is 2. The number of hydrogen-bond acceptors (Lipinski definition) is 5. The molecule has 1 N–H and O–H groups in total. The summed E-state index contributed by atoms with van der Waals surface area (Å²) in [6.45, 7) is 0.568. The standard InChI is InChI=1S/C19H14Cl2N2O4/c20-13-5-11-8-25-10-27-18(11)12(6-13)9-26-19(24)17-7-16(22-23-17)14-3-1-2-4-15(14)21/h1-7H,8-10H2,(H,22,23). The van der Waals surface area contributed by atoms with Crippen LogP contribution in [0, 0.1) is 0 Å². The lowest BCUT2D eigenvalue weighted by molar-refractivity contribution is -0.0180. The first-order valence-corrected chi connectivity index (χ1v) is 8.86. The van der Waals surface area contributed by atoms with Gasteiger partial charge >= 0.3 is 5.97 Å². The maximum absolute atomic E-state index is 12.4. The number of H-pyrrole nitrogens is 1. The Hall–Kier alpha value is -2.54. The van der Waals surface area contributed by atoms with E-state index in [-0.39, 0.29) is 19.1 Å². The van der Waals surface area contributed by atoms with Crippen LogP contribution in [0.2, 0.25) is 10.0 Å². The molecule has 6 nitrogen and oxygen atoms in total. The van der Waals surface area contributed by atoms with Crippen LogP contribution < -0.4 is 4.74 Å². The SMILES string of the molecule is O=C(OCc1cc(Cl)cc2c1OCOC2)c1cc(-c2ccccc2Cl)n[nH]1. The van der Waals surface area contributed by atoms with Gasteiger partial charge in [-0.1, -0.05) is 41.4 Å². The molecule has 27 heavy (non-hydrogen) atoms. The molecule has 0 radical (unpaired) electrons. The molecule has 0 unspecified atom stereocenters. The molecule has 0 bridgehead atoms. The van der Waals surface area contributed by atoms with Crippen molar-refractivity contribution in [2.75, 3.05) is 6.79 Å². The number of benzene rings is 2. The molecule has 0 spiro atoms. The van der Waals surface area contributed by atoms with Gasteiger partial charge in [-0.05, 0) is 24.3 Å². The van der Waals surface area contributed by atoms with Gasteiger partial charge in [0.05, 0.1) is 17.3 Å². The number of nitrogens with zero attached hydrogens (tertiary/aromatic N) is 1. The zero-order valence-corrected chi connectivity index (χ0v) is 15.5. The zero-order valence-electron chi connectivity index (χ0n) is 14.0. The Balaban J connectivity index is 1.50. The summed E-state index contributed by atoms with van der Waals surface area (Å²) >= 11 is 12.3. The van der Waals surface area contributed by atoms with E-state index in [0.29, 0.717) is 33.7 Å². The van der Waals surface area contributed by atoms with Crippen molar-refractivity contribution in [2.24, 2.45) is 0 Å². The van der Waals surface area contributed by atoms with E-state index in [2.05, 4.69) is 10.2 Å². The molecule has 138 valence electrons. The van der Waals surface area contributed by atoms with Crippen molar-refractivity contribution in [3.63, 3.8) is 0 Å². The second-order valence-electron chi connectivity index (χ2n) is 5.89. The van der Waals surface area contributed by atoms with Crippen molar-refractivity contribution in [2.45, 2.75) is 13.2 Å². The van der Waals surface area contributed by atoms with Crippen LogP contribution in [0.4, 0.5) is 0 Å². The van der Waals surface area contributed by atoms with Crippen molar-refractivity contribution < 1.29 is 19.0 Å². The number of esters is 1. The van der Waals surface area contributed by atoms with Crippen LogP contribution in [0.5, 0.6) is 5.75 Å². The number of carbonyl (C=O) groups is 1. The third kappa shape index (κ3) is 3.78. The largest absolute Gasteiger partial charge is 0.467 e. The van der Waals surface area contributed by atoms with Gasteiger partial charge in [0, 0.05) is 21.7 Å². The Morgan fingerprint density at radius 2 is 2.07 bits per heavy atom. The van der Waals surface area contributed by atoms with Gasteiger partial charge in [-0.2, -0.15) is 5.10 Å². The lowest BCUT2D eigenvalue weighted by atomic mass is 10.1. The highest BCUT2D eigenvalue weighted by molar-refractivity contribution is 6.33. The van der Waals surface area contributed by atoms with Crippen LogP contribution in [-0.2, 0) is 22.7 Å². The molecule has 2 aromatic carbocycles. The third-order valence-electron chi connectivity index (χ3n) is 4.06. The number of ether oxygens (including phenoxy) is 3. The lowest BCUT2D eigenvalue weighted by Gasteiger charge is -2.20. The van der Waals surface area contributed by atoms with Gasteiger partial charge in [-0.3, -0.25) is 5.10 Å². The molecule has 0 fully saturated rings. The number of fused-ring (bicyclic) bond motifs is 1. The fourth-order valence-corrected chi connectivity index (χ4v) is 3.31. The molecule has 0 aliphatic carbocycles. The fourth-order valence-electron chi connectivity index (χ4n) is 2.82. The quantitative estimate of drug-likeness (QED) is 0.642. The minimum absolute atomic E-state index is 0.0160. The zero-order chi connectivity index (χ0) is 18.8. The molecule has 0 amide bonds. The highest BCUT2D eigenvalue weighted by Crippen LogP contribution is 2.32. The van der Waals surface area contributed by atoms with E-state index in [1.807, 2.05) is 18.2 Å². The van der Waals surface area contributed by atoms with Crippen LogP contribution in [0.1, 0.15) is 21.6 Å². The average molecular weight is 405 g/mol. The van der Waals surface area contributed by atoms with Gasteiger partial charge in [-0.25, -0.2) is 4.79 Å². The molecule has 1 aliphatic heterocycles. The fraction of sp³-hybridized carbons (Fsp3) is 0.158. The predicted octanol–water partition coefficient (Wildman–Crippen LogP) is 4.61. The van der Waals surface area contributed by atoms with Crippen molar-refractivity contribution in [3.05, 3.63) is 69.3 Å². The minimum atomic E-state index is -0.540. The predicted molar refractivity (Wildman–Crippen MR) is 99.9 cm³/mol. The first-order chi connectivity index (χ1) is 13.1. The Morgan fingerprint density at radius 1 is 1.22 bits per heavy atom. The molecule has 0 saturated carbocycles. The summed E-state index contributed by atoms with van der Waals surface area (Å²) in [6.07, 6.45) is 0. The van der Waals surface area contributed by atoms with Crippen LogP contribution >= 0.6 is 23.2 Å². The van der Waals surface area contributed by atoms with Crippen molar-refractivity contribution in [1.82, 2.24) is 10.2 Å². The molecule has 4 rings (SSSR count). The van der Waals surface area contributed by atoms with Crippen LogP contribution in [0.25, 0.3) is 11.3 Å². The molecule has 2 heterocycles. The van der Waals surface area contributed by atoms with Gasteiger partial charge < -0.3 is 14.2 Å². The first-order valence-electron chi connectivity index (χ1n) is 8.11. The number of nitrogens with one attached hydrogen (secondary N) is 1. The number of rotatable bonds is 4. The molecular weight excluding hydrogens is 391 g/mol. The minimum Gasteiger partial charge on any atom is -0.467 e. The van der Waals surface area contributed by atoms with E-state index in [4.69, 9.17) is 37.4 Å². The first kappa shape index (κ1) is 17.9. The summed E-state index contributed by atoms with van der Waals surface area (Å²) in [5.41, 5.74) is 3.02. The number of aromatic nitrogens is 2. The van der Waals surface area contributed by atoms with E-state index in [1.165, 1.54) is 0 Å². The van der Waals surface area contributed by atoms with E-state index < -0.39 is 5.97 Å². The van der Waals surface area contributed by atoms with Gasteiger partial charge in [0.2, 0.25) is 0 Å². The smallest absolute Gasteiger partial charge is 0.356 e. The Morgan fingerprint density at radius 3 is 2.93 bits per heavy atom. The maximum Gasteiger partial charge on any atom is 0.356 e. The lowest BCUT2D eigenvalue weighted by Crippen LogP contribution is -2.14. The Labute approximate surface area is 165 Å². The number of hydrogen-bond donors (Lipinski definition) is 1. The molecule has 0 atom stereocenters. The summed E-state index contributed by atoms with van der Waals surface area (Å²) in [5.74, 6) is 0.0985. The van der Waals surface area contributed by atoms with E-state index >= 15 is 0 Å². The summed E-state index contributed by atoms with van der Waals surface area (Å²) in [6, 6.07) is 12.3. The van der Waals surface area contributed by atoms with Gasteiger partial charge in [-0.15, -0.1) is 0 Å². The monoisotopic (exact) mass is 404 g/mol. The maximum atomic E-state index is 12.4. The third-order valence-corrected chi connectivity index (χ3v) is 4.61. The normalized spacial score (nSPS) is 13.0. The van der Waals surface area contributed by atoms with Gasteiger partial charge in [0.15, 0.2) is 6.79 Å². The average Bonchev–Trinajstić information content (AvgIpc) is 3.16. The molecule has 3 aromatic rings. The van der Waals surface area contributed by atoms with Crippen molar-refractivity contribution in [1.29, 1.82) is 0 Å². The second kappa shape index (κ2) is 7.60. The molecule has 0 saturated heterocycles. The molecule has 8 heteroatoms. The van der Waals surface area contributed by atoms with Crippen LogP contribution in [0.15, 0.2) is 42.5 Å². The molecular formula is C19H14Cl2N2O4. The van der Waals surface area contributed by atoms with Crippen LogP contribution in [0.3, 0.4) is 0 Å². The molecule has 1 aromatic heterocycles. The molecule has 1 aliphatic rings. The van der Waals surface area contributed by atoms with Crippen molar-refractivity contribution >= 4 is 29.2 Å². The van der Waals surface area contributed by atoms with Gasteiger partial charge in [0.1, 0.15) is 18.1 Å². The van der Waals surface area contributed by atoms with E-state index in [0.717, 1.165) is 11.1 Å². The van der Waals surface area contributed by atoms with E-state index in [1.54, 1.807) is 24.3 Å². The highest BCUT2D eigenvalue weighted by Gasteiger charge is 2.19. The summed E-state index contributed by atoms with van der Waals surface area (Å²) in [4.78, 5) is 12.4. The highest BCUT2D eigenvalue weighted by atomic mass is 35.5. The summed E-state index contributed by atoms with van der Waals surface area (Å²) < 4.78 is 16.2. The number of carbonyl (C=O) groups excluding carboxylic acids is 1. The summed E-state index contributed by atoms with van der Waals surface area (Å²) in [5, 5.41) is 7.89. The number of aromatic amines is 1. The second-order valence-corrected chi connectivity index (χ2v) is 6.73. The van der Waals surface area contributed by atoms with Crippen molar-refractivity contribution in [3.8, 4) is 17.0 Å². The summed E-state index contributed by atoms with van der Waals surface area (Å²) in [7, 11) is 0. The van der Waals surface area contributed by atoms with E-state index in [9.17, 15) is 4.79 Å².